The predicted octanol–water partition coefficient (Wildman–Crippen LogP) is 3.26. The smallest absolute Gasteiger partial charge is 0.134 e. The van der Waals surface area contributed by atoms with Crippen molar-refractivity contribution in [2.45, 2.75) is 0 Å². The summed E-state index contributed by atoms with van der Waals surface area (Å²) in [7, 11) is 3.08. The molecule has 0 radical (unpaired) electrons. The van der Waals surface area contributed by atoms with Crippen molar-refractivity contribution in [3.8, 4) is 11.5 Å². The molecule has 2 aromatic carbocycles. The minimum Gasteiger partial charge on any atom is -0.497 e. The fourth-order valence-corrected chi connectivity index (χ4v) is 1.74. The Morgan fingerprint density at radius 2 is 1.57 bits per heavy atom. The van der Waals surface area contributed by atoms with Crippen molar-refractivity contribution in [3.05, 3.63) is 59.9 Å². The molecule has 0 saturated carbocycles. The van der Waals surface area contributed by atoms with Gasteiger partial charge in [-0.3, -0.25) is 0 Å². The summed E-state index contributed by atoms with van der Waals surface area (Å²) < 4.78 is 23.5. The minimum absolute atomic E-state index is 0.214. The zero-order chi connectivity index (χ0) is 15.1. The summed E-state index contributed by atoms with van der Waals surface area (Å²) in [5, 5.41) is 3.96. The highest BCUT2D eigenvalue weighted by molar-refractivity contribution is 6.01. The summed E-state index contributed by atoms with van der Waals surface area (Å²) >= 11 is 0. The first-order chi connectivity index (χ1) is 10.2. The molecule has 0 aliphatic rings. The summed E-state index contributed by atoms with van der Waals surface area (Å²) in [6, 6.07) is 13.2. The first-order valence-corrected chi connectivity index (χ1v) is 6.35. The summed E-state index contributed by atoms with van der Waals surface area (Å²) in [4.78, 5) is 4.84. The van der Waals surface area contributed by atoms with Crippen LogP contribution in [0.2, 0.25) is 0 Å². The molecule has 2 aromatic rings. The van der Waals surface area contributed by atoms with Crippen LogP contribution in [-0.2, 0) is 4.84 Å². The third-order valence-electron chi connectivity index (χ3n) is 2.81. The summed E-state index contributed by atoms with van der Waals surface area (Å²) in [6.45, 7) is 0.214. The number of hydrogen-bond acceptors (Lipinski definition) is 4. The highest BCUT2D eigenvalue weighted by Crippen LogP contribution is 2.15. The van der Waals surface area contributed by atoms with Gasteiger partial charge in [0.05, 0.1) is 7.11 Å². The van der Waals surface area contributed by atoms with E-state index < -0.39 is 0 Å². The highest BCUT2D eigenvalue weighted by Gasteiger charge is 2.07. The van der Waals surface area contributed by atoms with Crippen LogP contribution < -0.4 is 9.47 Å². The van der Waals surface area contributed by atoms with E-state index in [0.717, 1.165) is 11.3 Å². The lowest BCUT2D eigenvalue weighted by atomic mass is 10.1. The Labute approximate surface area is 122 Å². The van der Waals surface area contributed by atoms with Gasteiger partial charge in [0.2, 0.25) is 0 Å². The Kier molecular flexibility index (Phi) is 5.15. The molecule has 4 nitrogen and oxygen atoms in total. The second-order valence-corrected chi connectivity index (χ2v) is 4.19. The Bertz CT molecular complexity index is 594. The SMILES string of the molecule is CON=C(COc1ccc(F)cc1)c1ccc(OC)cc1. The average Bonchev–Trinajstić information content (AvgIpc) is 2.53. The molecule has 0 N–H and O–H groups in total. The maximum Gasteiger partial charge on any atom is 0.134 e. The zero-order valence-electron chi connectivity index (χ0n) is 11.9. The lowest BCUT2D eigenvalue weighted by Gasteiger charge is -2.09. The zero-order valence-corrected chi connectivity index (χ0v) is 11.9. The van der Waals surface area contributed by atoms with E-state index in [1.807, 2.05) is 24.3 Å². The molecule has 0 unspecified atom stereocenters. The molecule has 110 valence electrons. The first-order valence-electron chi connectivity index (χ1n) is 6.35. The van der Waals surface area contributed by atoms with E-state index in [1.165, 1.54) is 19.2 Å². The van der Waals surface area contributed by atoms with E-state index in [1.54, 1.807) is 19.2 Å². The van der Waals surface area contributed by atoms with Gasteiger partial charge in [-0.25, -0.2) is 4.39 Å². The van der Waals surface area contributed by atoms with E-state index in [-0.39, 0.29) is 12.4 Å². The number of benzene rings is 2. The normalized spacial score (nSPS) is 11.1. The standard InChI is InChI=1S/C16H16FNO3/c1-19-14-7-3-12(4-8-14)16(18-20-2)11-21-15-9-5-13(17)6-10-15/h3-10H,11H2,1-2H3. The largest absolute Gasteiger partial charge is 0.497 e. The van der Waals surface area contributed by atoms with Gasteiger partial charge in [0.25, 0.3) is 0 Å². The van der Waals surface area contributed by atoms with Crippen LogP contribution >= 0.6 is 0 Å². The molecule has 0 atom stereocenters. The van der Waals surface area contributed by atoms with Crippen molar-refractivity contribution >= 4 is 5.71 Å². The van der Waals surface area contributed by atoms with Crippen molar-refractivity contribution in [1.82, 2.24) is 0 Å². The molecule has 0 fully saturated rings. The van der Waals surface area contributed by atoms with Crippen molar-refractivity contribution in [2.75, 3.05) is 20.8 Å². The van der Waals surface area contributed by atoms with E-state index >= 15 is 0 Å². The molecule has 0 aliphatic heterocycles. The maximum atomic E-state index is 12.8. The van der Waals surface area contributed by atoms with Gasteiger partial charge < -0.3 is 14.3 Å². The van der Waals surface area contributed by atoms with E-state index in [4.69, 9.17) is 14.3 Å². The third kappa shape index (κ3) is 4.21. The second-order valence-electron chi connectivity index (χ2n) is 4.19. The van der Waals surface area contributed by atoms with Crippen LogP contribution in [0, 0.1) is 5.82 Å². The summed E-state index contributed by atoms with van der Waals surface area (Å²) in [5.41, 5.74) is 1.49. The molecule has 0 spiro atoms. The number of rotatable bonds is 6. The van der Waals surface area contributed by atoms with Crippen molar-refractivity contribution < 1.29 is 18.7 Å². The second kappa shape index (κ2) is 7.28. The predicted molar refractivity (Wildman–Crippen MR) is 78.4 cm³/mol. The molecule has 5 heteroatoms. The van der Waals surface area contributed by atoms with Gasteiger partial charge in [-0.2, -0.15) is 0 Å². The number of halogens is 1. The van der Waals surface area contributed by atoms with Crippen LogP contribution in [0.15, 0.2) is 53.7 Å². The van der Waals surface area contributed by atoms with Gasteiger partial charge in [-0.1, -0.05) is 5.16 Å². The summed E-state index contributed by atoms with van der Waals surface area (Å²) in [6.07, 6.45) is 0. The molecule has 0 saturated heterocycles. The van der Waals surface area contributed by atoms with Gasteiger partial charge in [-0.05, 0) is 48.5 Å². The molecular weight excluding hydrogens is 273 g/mol. The van der Waals surface area contributed by atoms with Gasteiger partial charge in [-0.15, -0.1) is 0 Å². The quantitative estimate of drug-likeness (QED) is 0.605. The number of oxime groups is 1. The lowest BCUT2D eigenvalue weighted by molar-refractivity contribution is 0.210. The van der Waals surface area contributed by atoms with Crippen LogP contribution in [0.1, 0.15) is 5.56 Å². The topological polar surface area (TPSA) is 40.0 Å². The number of ether oxygens (including phenoxy) is 2. The van der Waals surface area contributed by atoms with Gasteiger partial charge in [0.15, 0.2) is 0 Å². The number of methoxy groups -OCH3 is 1. The third-order valence-corrected chi connectivity index (χ3v) is 2.81. The van der Waals surface area contributed by atoms with Crippen LogP contribution in [0.25, 0.3) is 0 Å². The Balaban J connectivity index is 2.08. The monoisotopic (exact) mass is 289 g/mol. The highest BCUT2D eigenvalue weighted by atomic mass is 19.1. The van der Waals surface area contributed by atoms with Crippen LogP contribution in [-0.4, -0.2) is 26.5 Å². The van der Waals surface area contributed by atoms with Gasteiger partial charge in [0, 0.05) is 5.56 Å². The van der Waals surface area contributed by atoms with Gasteiger partial charge >= 0.3 is 0 Å². The van der Waals surface area contributed by atoms with Gasteiger partial charge in [0.1, 0.15) is 36.7 Å². The fraction of sp³-hybridized carbons (Fsp3) is 0.188. The van der Waals surface area contributed by atoms with Crippen LogP contribution in [0.3, 0.4) is 0 Å². The van der Waals surface area contributed by atoms with Crippen molar-refractivity contribution in [2.24, 2.45) is 5.16 Å². The van der Waals surface area contributed by atoms with Crippen LogP contribution in [0.5, 0.6) is 11.5 Å². The Hall–Kier alpha value is -2.56. The van der Waals surface area contributed by atoms with E-state index in [9.17, 15) is 4.39 Å². The molecule has 0 aliphatic carbocycles. The summed E-state index contributed by atoms with van der Waals surface area (Å²) in [5.74, 6) is 1.02. The minimum atomic E-state index is -0.303. The Morgan fingerprint density at radius 3 is 2.14 bits per heavy atom. The average molecular weight is 289 g/mol. The Morgan fingerprint density at radius 1 is 0.952 bits per heavy atom. The molecule has 0 amide bonds. The fourth-order valence-electron chi connectivity index (χ4n) is 1.74. The molecule has 2 rings (SSSR count). The lowest BCUT2D eigenvalue weighted by Crippen LogP contribution is -2.13. The number of nitrogens with zero attached hydrogens (tertiary/aromatic N) is 1. The van der Waals surface area contributed by atoms with E-state index in [0.29, 0.717) is 11.5 Å². The van der Waals surface area contributed by atoms with Crippen LogP contribution in [0.4, 0.5) is 4.39 Å². The molecule has 0 aromatic heterocycles. The van der Waals surface area contributed by atoms with Crippen molar-refractivity contribution in [3.63, 3.8) is 0 Å². The molecule has 0 heterocycles. The van der Waals surface area contributed by atoms with Crippen molar-refractivity contribution in [1.29, 1.82) is 0 Å². The maximum absolute atomic E-state index is 12.8. The first kappa shape index (κ1) is 14.8. The molecule has 0 bridgehead atoms. The van der Waals surface area contributed by atoms with E-state index in [2.05, 4.69) is 5.16 Å². The molecular formula is C16H16FNO3. The number of hydrogen-bond donors (Lipinski definition) is 0. The molecule has 21 heavy (non-hydrogen) atoms.